The van der Waals surface area contributed by atoms with E-state index < -0.39 is 29.4 Å². The largest absolute Gasteiger partial charge is 0.467 e. The van der Waals surface area contributed by atoms with E-state index >= 15 is 0 Å². The number of hydrogen-bond acceptors (Lipinski definition) is 7. The Morgan fingerprint density at radius 3 is 2.17 bits per heavy atom. The lowest BCUT2D eigenvalue weighted by molar-refractivity contribution is -0.154. The van der Waals surface area contributed by atoms with E-state index in [1.165, 1.54) is 7.11 Å². The van der Waals surface area contributed by atoms with Crippen molar-refractivity contribution in [1.29, 1.82) is 0 Å². The maximum Gasteiger partial charge on any atom is 0.331 e. The number of esters is 2. The fraction of sp³-hybridized carbons (Fsp3) is 0.405. The van der Waals surface area contributed by atoms with Crippen LogP contribution in [-0.4, -0.2) is 67.0 Å². The summed E-state index contributed by atoms with van der Waals surface area (Å²) in [6.07, 6.45) is 2.10. The number of likely N-dealkylation sites (tertiary alicyclic amines) is 1. The van der Waals surface area contributed by atoms with Gasteiger partial charge in [-0.1, -0.05) is 72.8 Å². The molecule has 3 aromatic carbocycles. The van der Waals surface area contributed by atoms with Gasteiger partial charge in [-0.2, -0.15) is 0 Å². The van der Waals surface area contributed by atoms with Crippen molar-refractivity contribution in [3.63, 3.8) is 0 Å². The molecule has 0 aliphatic carbocycles. The summed E-state index contributed by atoms with van der Waals surface area (Å²) in [5, 5.41) is 3.03. The summed E-state index contributed by atoms with van der Waals surface area (Å²) in [6, 6.07) is 26.3. The molecule has 0 saturated carbocycles. The van der Waals surface area contributed by atoms with Crippen LogP contribution in [0.5, 0.6) is 0 Å². The first-order chi connectivity index (χ1) is 22.2. The first-order valence-corrected chi connectivity index (χ1v) is 16.0. The molecule has 0 spiro atoms. The predicted molar refractivity (Wildman–Crippen MR) is 175 cm³/mol. The lowest BCUT2D eigenvalue weighted by atomic mass is 9.85. The van der Waals surface area contributed by atoms with Gasteiger partial charge >= 0.3 is 11.9 Å². The van der Waals surface area contributed by atoms with Crippen molar-refractivity contribution in [2.45, 2.75) is 69.6 Å². The SMILES string of the molecule is COC(=O)C1(NC(=O)C(C)c2ccccc2)CCN(c2cccc(C(C)C(=O)N3CCC[C@H]3C(=O)OCc3ccccc3)c2)CC1. The highest BCUT2D eigenvalue weighted by Gasteiger charge is 2.45. The van der Waals surface area contributed by atoms with Gasteiger partial charge in [0.1, 0.15) is 18.2 Å². The Kier molecular flexibility index (Phi) is 10.4. The van der Waals surface area contributed by atoms with Crippen LogP contribution in [-0.2, 0) is 35.3 Å². The molecule has 2 heterocycles. The number of piperidine rings is 1. The number of ether oxygens (including phenoxy) is 2. The van der Waals surface area contributed by atoms with E-state index in [1.54, 1.807) is 4.90 Å². The second kappa shape index (κ2) is 14.6. The van der Waals surface area contributed by atoms with Gasteiger partial charge in [-0.15, -0.1) is 0 Å². The molecule has 46 heavy (non-hydrogen) atoms. The number of amides is 2. The van der Waals surface area contributed by atoms with Gasteiger partial charge in [0.25, 0.3) is 0 Å². The molecule has 2 aliphatic heterocycles. The van der Waals surface area contributed by atoms with E-state index in [0.29, 0.717) is 38.9 Å². The molecule has 2 unspecified atom stereocenters. The Hall–Kier alpha value is -4.66. The number of nitrogens with one attached hydrogen (secondary N) is 1. The minimum atomic E-state index is -1.12. The van der Waals surface area contributed by atoms with Crippen molar-refractivity contribution in [2.24, 2.45) is 0 Å². The summed E-state index contributed by atoms with van der Waals surface area (Å²) < 4.78 is 10.7. The van der Waals surface area contributed by atoms with Crippen LogP contribution in [0.2, 0.25) is 0 Å². The third-order valence-corrected chi connectivity index (χ3v) is 9.39. The molecule has 0 bridgehead atoms. The van der Waals surface area contributed by atoms with Gasteiger partial charge in [-0.3, -0.25) is 9.59 Å². The molecule has 0 aromatic heterocycles. The van der Waals surface area contributed by atoms with Gasteiger partial charge in [0, 0.05) is 25.3 Å². The van der Waals surface area contributed by atoms with Crippen molar-refractivity contribution >= 4 is 29.4 Å². The van der Waals surface area contributed by atoms with Crippen LogP contribution >= 0.6 is 0 Å². The van der Waals surface area contributed by atoms with Crippen LogP contribution < -0.4 is 10.2 Å². The van der Waals surface area contributed by atoms with Crippen molar-refractivity contribution in [2.75, 3.05) is 31.6 Å². The van der Waals surface area contributed by atoms with E-state index in [9.17, 15) is 19.2 Å². The van der Waals surface area contributed by atoms with Crippen LogP contribution in [0.4, 0.5) is 5.69 Å². The number of methoxy groups -OCH3 is 1. The predicted octanol–water partition coefficient (Wildman–Crippen LogP) is 4.96. The molecule has 2 amide bonds. The summed E-state index contributed by atoms with van der Waals surface area (Å²) in [5.41, 5.74) is 2.44. The number of benzene rings is 3. The molecule has 9 heteroatoms. The van der Waals surface area contributed by atoms with Crippen LogP contribution in [0.1, 0.15) is 68.1 Å². The highest BCUT2D eigenvalue weighted by molar-refractivity contribution is 5.91. The number of rotatable bonds is 10. The van der Waals surface area contributed by atoms with E-state index in [4.69, 9.17) is 9.47 Å². The summed E-state index contributed by atoms with van der Waals surface area (Å²) in [4.78, 5) is 56.8. The first kappa shape index (κ1) is 32.7. The molecule has 242 valence electrons. The van der Waals surface area contributed by atoms with Crippen LogP contribution in [0.25, 0.3) is 0 Å². The molecule has 1 N–H and O–H groups in total. The molecular weight excluding hydrogens is 582 g/mol. The van der Waals surface area contributed by atoms with Crippen molar-refractivity contribution in [1.82, 2.24) is 10.2 Å². The second-order valence-electron chi connectivity index (χ2n) is 12.3. The van der Waals surface area contributed by atoms with E-state index in [1.807, 2.05) is 98.8 Å². The van der Waals surface area contributed by atoms with Crippen LogP contribution in [0.15, 0.2) is 84.9 Å². The number of anilines is 1. The highest BCUT2D eigenvalue weighted by Crippen LogP contribution is 2.32. The summed E-state index contributed by atoms with van der Waals surface area (Å²) in [6.45, 7) is 5.43. The van der Waals surface area contributed by atoms with Gasteiger partial charge in [-0.25, -0.2) is 9.59 Å². The molecule has 0 radical (unpaired) electrons. The normalized spacial score (nSPS) is 18.7. The number of carbonyl (C=O) groups excluding carboxylic acids is 4. The summed E-state index contributed by atoms with van der Waals surface area (Å²) >= 11 is 0. The van der Waals surface area contributed by atoms with Crippen LogP contribution in [0.3, 0.4) is 0 Å². The first-order valence-electron chi connectivity index (χ1n) is 16.0. The molecule has 3 aromatic rings. The minimum absolute atomic E-state index is 0.102. The van der Waals surface area contributed by atoms with Crippen molar-refractivity contribution in [3.05, 3.63) is 102 Å². The zero-order chi connectivity index (χ0) is 32.7. The summed E-state index contributed by atoms with van der Waals surface area (Å²) in [5.74, 6) is -2.02. The quantitative estimate of drug-likeness (QED) is 0.318. The van der Waals surface area contributed by atoms with Gasteiger partial charge in [-0.05, 0) is 68.4 Å². The molecule has 2 aliphatic rings. The highest BCUT2D eigenvalue weighted by atomic mass is 16.5. The fourth-order valence-electron chi connectivity index (χ4n) is 6.44. The molecule has 5 rings (SSSR count). The lowest BCUT2D eigenvalue weighted by Crippen LogP contribution is -2.61. The van der Waals surface area contributed by atoms with Gasteiger partial charge in [0.2, 0.25) is 11.8 Å². The Labute approximate surface area is 270 Å². The third kappa shape index (κ3) is 7.25. The van der Waals surface area contributed by atoms with E-state index in [-0.39, 0.29) is 24.4 Å². The number of carbonyl (C=O) groups is 4. The standard InChI is InChI=1S/C37H43N3O6/c1-26(29-14-8-5-9-15-29)33(41)38-37(36(44)45-3)19-22-39(23-20-37)31-17-10-16-30(24-31)27(2)34(42)40-21-11-18-32(40)35(43)46-25-28-12-6-4-7-13-28/h4-10,12-17,24,26-27,32H,11,18-23,25H2,1-3H3,(H,38,41)/t26?,27?,32-/m0/s1. The van der Waals surface area contributed by atoms with Gasteiger partial charge in [0.15, 0.2) is 0 Å². The second-order valence-corrected chi connectivity index (χ2v) is 12.3. The van der Waals surface area contributed by atoms with Gasteiger partial charge < -0.3 is 24.6 Å². The molecule has 2 fully saturated rings. The van der Waals surface area contributed by atoms with Crippen molar-refractivity contribution in [3.8, 4) is 0 Å². The minimum Gasteiger partial charge on any atom is -0.467 e. The Morgan fingerprint density at radius 1 is 0.848 bits per heavy atom. The monoisotopic (exact) mass is 625 g/mol. The zero-order valence-electron chi connectivity index (χ0n) is 26.8. The fourth-order valence-corrected chi connectivity index (χ4v) is 6.44. The number of hydrogen-bond donors (Lipinski definition) is 1. The Bertz CT molecular complexity index is 1520. The average Bonchev–Trinajstić information content (AvgIpc) is 3.61. The van der Waals surface area contributed by atoms with Gasteiger partial charge in [0.05, 0.1) is 18.9 Å². The number of nitrogens with zero attached hydrogens (tertiary/aromatic N) is 2. The smallest absolute Gasteiger partial charge is 0.331 e. The molecular formula is C37H43N3O6. The van der Waals surface area contributed by atoms with Crippen LogP contribution in [0, 0.1) is 0 Å². The summed E-state index contributed by atoms with van der Waals surface area (Å²) in [7, 11) is 1.35. The molecule has 2 saturated heterocycles. The maximum absolute atomic E-state index is 13.7. The Morgan fingerprint density at radius 2 is 1.50 bits per heavy atom. The topological polar surface area (TPSA) is 105 Å². The molecule has 3 atom stereocenters. The van der Waals surface area contributed by atoms with E-state index in [2.05, 4.69) is 10.2 Å². The third-order valence-electron chi connectivity index (χ3n) is 9.39. The maximum atomic E-state index is 13.7. The molecule has 9 nitrogen and oxygen atoms in total. The zero-order valence-corrected chi connectivity index (χ0v) is 26.8. The Balaban J connectivity index is 1.22. The van der Waals surface area contributed by atoms with E-state index in [0.717, 1.165) is 28.8 Å². The lowest BCUT2D eigenvalue weighted by Gasteiger charge is -2.41. The average molecular weight is 626 g/mol. The van der Waals surface area contributed by atoms with Crippen molar-refractivity contribution < 1.29 is 28.7 Å².